The van der Waals surface area contributed by atoms with Crippen LogP contribution in [0.3, 0.4) is 0 Å². The van der Waals surface area contributed by atoms with Crippen LogP contribution in [0.4, 0.5) is 0 Å². The van der Waals surface area contributed by atoms with Gasteiger partial charge in [-0.3, -0.25) is 9.55 Å². The van der Waals surface area contributed by atoms with Gasteiger partial charge in [-0.1, -0.05) is 189 Å². The summed E-state index contributed by atoms with van der Waals surface area (Å²) in [6, 6.07) is 43.9. The molecule has 0 spiro atoms. The zero-order valence-electron chi connectivity index (χ0n) is 45.9. The van der Waals surface area contributed by atoms with Crippen LogP contribution < -0.4 is 0 Å². The second-order valence-electron chi connectivity index (χ2n) is 20.5. The van der Waals surface area contributed by atoms with Crippen LogP contribution in [-0.4, -0.2) is 19.6 Å². The topological polar surface area (TPSA) is 50.9 Å². The van der Waals surface area contributed by atoms with Crippen molar-refractivity contribution in [1.29, 1.82) is 0 Å². The summed E-state index contributed by atoms with van der Waals surface area (Å²) in [5.74, 6) is 1.08. The molecule has 4 nitrogen and oxygen atoms in total. The number of hydrogen-bond donors (Lipinski definition) is 1. The van der Waals surface area contributed by atoms with Crippen molar-refractivity contribution in [2.75, 3.05) is 0 Å². The number of nitrogens with zero attached hydrogens (tertiary/aromatic N) is 3. The van der Waals surface area contributed by atoms with Crippen LogP contribution in [-0.2, 0) is 31.9 Å². The van der Waals surface area contributed by atoms with Crippen molar-refractivity contribution >= 4 is 11.0 Å². The summed E-state index contributed by atoms with van der Waals surface area (Å²) < 4.78 is 44.5. The molecule has 0 fully saturated rings. The smallest absolute Gasteiger partial charge is 0.148 e. The van der Waals surface area contributed by atoms with E-state index in [1.807, 2.05) is 6.07 Å². The number of phenols is 1. The van der Waals surface area contributed by atoms with Gasteiger partial charge in [0.15, 0.2) is 0 Å². The van der Waals surface area contributed by atoms with Crippen molar-refractivity contribution in [3.05, 3.63) is 192 Å². The van der Waals surface area contributed by atoms with E-state index in [-0.39, 0.29) is 67.1 Å². The van der Waals surface area contributed by atoms with E-state index < -0.39 is 18.1 Å². The van der Waals surface area contributed by atoms with Gasteiger partial charge in [0, 0.05) is 33.0 Å². The predicted octanol–water partition coefficient (Wildman–Crippen LogP) is 17.1. The minimum Gasteiger partial charge on any atom is -0.507 e. The maximum Gasteiger partial charge on any atom is 0.148 e. The number of aromatic hydroxyl groups is 1. The van der Waals surface area contributed by atoms with Crippen LogP contribution >= 0.6 is 0 Å². The summed E-state index contributed by atoms with van der Waals surface area (Å²) in [4.78, 5) is 10.4. The largest absolute Gasteiger partial charge is 0.507 e. The number of benzene rings is 7. The van der Waals surface area contributed by atoms with E-state index in [9.17, 15) is 5.11 Å². The van der Waals surface area contributed by atoms with Crippen LogP contribution in [0.25, 0.3) is 83.9 Å². The summed E-state index contributed by atoms with van der Waals surface area (Å²) >= 11 is 0. The average molecular weight is 1080 g/mol. The first-order valence-corrected chi connectivity index (χ1v) is 23.4. The molecule has 346 valence electrons. The van der Waals surface area contributed by atoms with Crippen LogP contribution in [0.2, 0.25) is 0 Å². The fourth-order valence-electron chi connectivity index (χ4n) is 9.19. The maximum absolute atomic E-state index is 12.4. The van der Waals surface area contributed by atoms with Gasteiger partial charge in [0.1, 0.15) is 11.6 Å². The van der Waals surface area contributed by atoms with Crippen molar-refractivity contribution in [2.45, 2.75) is 98.8 Å². The Kier molecular flexibility index (Phi) is 11.7. The van der Waals surface area contributed by atoms with Gasteiger partial charge in [0.25, 0.3) is 0 Å². The number of rotatable bonds is 9. The Balaban J connectivity index is 0.00000711. The molecule has 9 aromatic rings. The summed E-state index contributed by atoms with van der Waals surface area (Å²) in [5, 5.41) is 12.4. The van der Waals surface area contributed by atoms with E-state index in [1.54, 1.807) is 18.3 Å². The standard InChI is InChI=1S/C63H62N3O.Pt/c1-39(2)46-36-52(40(3)4)60(67)53(37-46)61-65-59-51(47-33-48(35-49(34-47)62(6,7)8)55-38-44(30-31-64-55)42-20-14-12-15-21-42)25-19-27-57(59)66(61)56-29-28-45(32-41(56)5)58-50(43-22-16-13-17-23-43)24-18-26-54(58)63(9,10)11;/h12-32,34-40,67H,1-11H3;/q-1;/i12D,14D,15D,20D,21D;. The first-order valence-electron chi connectivity index (χ1n) is 25.9. The molecule has 0 bridgehead atoms. The van der Waals surface area contributed by atoms with E-state index in [2.05, 4.69) is 190 Å². The van der Waals surface area contributed by atoms with E-state index >= 15 is 0 Å². The molecule has 0 amide bonds. The summed E-state index contributed by atoms with van der Waals surface area (Å²) in [6.45, 7) is 24.0. The molecular formula is C63H62N3OPt-. The van der Waals surface area contributed by atoms with Gasteiger partial charge in [-0.25, -0.2) is 4.98 Å². The van der Waals surface area contributed by atoms with Crippen LogP contribution in [0, 0.1) is 13.0 Å². The van der Waals surface area contributed by atoms with Gasteiger partial charge in [-0.2, -0.15) is 0 Å². The van der Waals surface area contributed by atoms with Crippen molar-refractivity contribution in [3.63, 3.8) is 0 Å². The Morgan fingerprint density at radius 3 is 2.01 bits per heavy atom. The first kappa shape index (κ1) is 41.8. The van der Waals surface area contributed by atoms with Crippen LogP contribution in [0.1, 0.15) is 116 Å². The average Bonchev–Trinajstić information content (AvgIpc) is 3.73. The number of imidazole rings is 1. The third-order valence-electron chi connectivity index (χ3n) is 12.9. The fraction of sp³-hybridized carbons (Fsp3) is 0.238. The van der Waals surface area contributed by atoms with Gasteiger partial charge in [0.05, 0.1) is 29.1 Å². The Labute approximate surface area is 425 Å². The SMILES string of the molecule is [2H]c1c([2H])c([2H])c(-c2ccnc(-c3[c-]c(-c4cccc5c4nc(-c4cc(C(C)C)cc(C(C)C)c4O)n5-c4ccc(-c5c(-c6ccccc6)cccc5C(C)(C)C)cc4C)cc(C(C)(C)C)c3)c2)c([2H])c1[2H].[Pt]. The minimum atomic E-state index is -0.437. The van der Waals surface area contributed by atoms with Gasteiger partial charge < -0.3 is 5.11 Å². The Hall–Kier alpha value is -6.35. The second-order valence-corrected chi connectivity index (χ2v) is 20.5. The summed E-state index contributed by atoms with van der Waals surface area (Å²) in [5.41, 5.74) is 16.1. The third-order valence-corrected chi connectivity index (χ3v) is 12.9. The normalized spacial score (nSPS) is 13.0. The third kappa shape index (κ3) is 9.29. The molecular weight excluding hydrogens is 1010 g/mol. The number of hydrogen-bond acceptors (Lipinski definition) is 3. The Bertz CT molecular complexity index is 3560. The number of para-hydroxylation sites is 1. The Morgan fingerprint density at radius 2 is 1.34 bits per heavy atom. The van der Waals surface area contributed by atoms with Crippen molar-refractivity contribution < 1.29 is 33.0 Å². The quantitative estimate of drug-likeness (QED) is 0.147. The van der Waals surface area contributed by atoms with Crippen LogP contribution in [0.15, 0.2) is 158 Å². The Morgan fingerprint density at radius 1 is 0.632 bits per heavy atom. The molecule has 0 unspecified atom stereocenters. The second kappa shape index (κ2) is 19.0. The molecule has 68 heavy (non-hydrogen) atoms. The molecule has 2 aromatic heterocycles. The molecule has 0 saturated carbocycles. The molecule has 1 N–H and O–H groups in total. The van der Waals surface area contributed by atoms with E-state index in [0.717, 1.165) is 61.2 Å². The number of pyridine rings is 1. The maximum atomic E-state index is 12.4. The van der Waals surface area contributed by atoms with Gasteiger partial charge >= 0.3 is 0 Å². The minimum absolute atomic E-state index is 0. The molecule has 0 aliphatic carbocycles. The van der Waals surface area contributed by atoms with E-state index in [1.165, 1.54) is 16.7 Å². The number of aryl methyl sites for hydroxylation is 1. The molecule has 2 heterocycles. The summed E-state index contributed by atoms with van der Waals surface area (Å²) in [6.07, 6.45) is 1.61. The molecule has 0 saturated heterocycles. The molecule has 9 rings (SSSR count). The van der Waals surface area contributed by atoms with Crippen molar-refractivity contribution in [3.8, 4) is 78.6 Å². The molecule has 0 aliphatic heterocycles. The van der Waals surface area contributed by atoms with Crippen molar-refractivity contribution in [1.82, 2.24) is 14.5 Å². The number of phenolic OH excluding ortho intramolecular Hbond substituents is 1. The molecule has 0 atom stereocenters. The van der Waals surface area contributed by atoms with Gasteiger partial charge in [0.2, 0.25) is 0 Å². The van der Waals surface area contributed by atoms with Gasteiger partial charge in [-0.15, -0.1) is 29.3 Å². The number of fused-ring (bicyclic) bond motifs is 1. The molecule has 7 aromatic carbocycles. The van der Waals surface area contributed by atoms with Gasteiger partial charge in [-0.05, 0) is 116 Å². The molecule has 0 radical (unpaired) electrons. The molecule has 5 heteroatoms. The van der Waals surface area contributed by atoms with E-state index in [0.29, 0.717) is 28.2 Å². The van der Waals surface area contributed by atoms with E-state index in [4.69, 9.17) is 16.8 Å². The fourth-order valence-corrected chi connectivity index (χ4v) is 9.19. The van der Waals surface area contributed by atoms with Crippen molar-refractivity contribution in [2.24, 2.45) is 0 Å². The zero-order chi connectivity index (χ0) is 51.7. The summed E-state index contributed by atoms with van der Waals surface area (Å²) in [7, 11) is 0. The monoisotopic (exact) mass is 1080 g/mol. The number of aromatic nitrogens is 3. The first-order chi connectivity index (χ1) is 34.0. The zero-order valence-corrected chi connectivity index (χ0v) is 43.2. The van der Waals surface area contributed by atoms with Crippen LogP contribution in [0.5, 0.6) is 5.75 Å². The molecule has 0 aliphatic rings. The predicted molar refractivity (Wildman–Crippen MR) is 282 cm³/mol.